The van der Waals surface area contributed by atoms with Gasteiger partial charge in [-0.1, -0.05) is 219 Å². The van der Waals surface area contributed by atoms with Crippen molar-refractivity contribution in [1.29, 1.82) is 0 Å². The Bertz CT molecular complexity index is 6830. The molecule has 1 aliphatic rings. The Labute approximate surface area is 793 Å². The summed E-state index contributed by atoms with van der Waals surface area (Å²) in [5.74, 6) is 4.59. The molecule has 4 heterocycles. The van der Waals surface area contributed by atoms with Crippen molar-refractivity contribution in [1.82, 2.24) is 18.3 Å². The van der Waals surface area contributed by atoms with Gasteiger partial charge in [0.25, 0.3) is 11.5 Å². The Hall–Kier alpha value is -13.1. The molecule has 0 spiro atoms. The van der Waals surface area contributed by atoms with Gasteiger partial charge in [0.15, 0.2) is 13.2 Å². The number of rotatable bonds is 20. The van der Waals surface area contributed by atoms with Gasteiger partial charge in [-0.3, -0.25) is 0 Å². The average Bonchev–Trinajstić information content (AvgIpc) is 1.60. The predicted molar refractivity (Wildman–Crippen MR) is 530 cm³/mol. The number of phenols is 4. The minimum atomic E-state index is 0. The van der Waals surface area contributed by atoms with Crippen molar-refractivity contribution >= 4 is 87.2 Å². The van der Waals surface area contributed by atoms with E-state index in [0.29, 0.717) is 26.4 Å². The van der Waals surface area contributed by atoms with Crippen molar-refractivity contribution in [3.63, 3.8) is 0 Å². The van der Waals surface area contributed by atoms with Crippen LogP contribution in [0.15, 0.2) is 340 Å². The molecule has 0 bridgehead atoms. The molecule has 0 amide bonds. The van der Waals surface area contributed by atoms with Crippen LogP contribution in [0.3, 0.4) is 0 Å². The second-order valence-electron chi connectivity index (χ2n) is 32.8. The molecule has 1 aliphatic carbocycles. The molecule has 1 fully saturated rings. The van der Waals surface area contributed by atoms with E-state index < -0.39 is 0 Å². The summed E-state index contributed by atoms with van der Waals surface area (Å²) in [5.41, 5.74) is 22.0. The molecule has 1 saturated carbocycles. The molecule has 21 rings (SSSR count). The Kier molecular flexibility index (Phi) is 28.3. The molecule has 2 atom stereocenters. The molecule has 20 aromatic rings. The summed E-state index contributed by atoms with van der Waals surface area (Å²) in [5, 5.41) is 57.7. The number of aryl methyl sites for hydroxylation is 4. The van der Waals surface area contributed by atoms with Gasteiger partial charge >= 0.3 is 0 Å². The van der Waals surface area contributed by atoms with E-state index in [-0.39, 0.29) is 116 Å². The topological polar surface area (TPSA) is 145 Å². The first-order valence-corrected chi connectivity index (χ1v) is 42.7. The van der Waals surface area contributed by atoms with E-state index in [0.717, 1.165) is 232 Å². The molecule has 14 heteroatoms. The summed E-state index contributed by atoms with van der Waals surface area (Å²) >= 11 is 0. The van der Waals surface area contributed by atoms with Crippen LogP contribution in [0, 0.1) is 69.2 Å². The van der Waals surface area contributed by atoms with Gasteiger partial charge in [-0.15, -0.1) is 0 Å². The van der Waals surface area contributed by atoms with Crippen LogP contribution in [0.5, 0.6) is 46.0 Å². The average molecular weight is 2030 g/mol. The standard InChI is InChI=1S/C58H50N2O4.C53H42N2O4.4CH3.2Hf/c1-37-31-47(57(61)53(33-37)59-49-25-11-5-19-41(49)42-20-6-12-26-50(42)59)45-23-9-15-29-55(45)63-35-39-17-3-4-18-40(39)36-64-56-30-16-10-24-46(56)48-32-38(2)34-54(58(48)62)60-51-27-13-7-21-43(51)44-22-8-14-28-52(44)60;1-34-30-42(52(56)48(32-34)54-44-22-9-3-16-36(44)37-17-4-10-23-45(37)54)40-20-7-13-26-50(40)58-28-15-29-59-51-27-14-8-21-41(51)43-31-35(2)33-49(53(43)57)55-46-24-11-5-18-38(46)39-19-6-12-25-47(39)55;;;;;;/h5-16,19-34,39-40,61-62H,3-4,17-18,35-36H2,1-2H3;3-14,16-27,30-33,56-57H,15,28-29H2,1-2H3;4*1H3;;/q;;4*-1;;/p+2. The monoisotopic (exact) mass is 2030 g/mol. The van der Waals surface area contributed by atoms with Crippen molar-refractivity contribution in [3.8, 4) is 113 Å². The van der Waals surface area contributed by atoms with Gasteiger partial charge in [0, 0.05) is 140 Å². The number of hydrogen-bond donors (Lipinski definition) is 4. The minimum Gasteiger partial charge on any atom is -0.582 e. The first-order chi connectivity index (χ1) is 60.4. The van der Waals surface area contributed by atoms with E-state index in [1.165, 1.54) is 0 Å². The number of aromatic nitrogens is 4. The number of fused-ring (bicyclic) bond motifs is 12. The second kappa shape index (κ2) is 39.6. The number of aliphatic hydroxyl groups is 2. The van der Waals surface area contributed by atoms with Gasteiger partial charge in [-0.25, -0.2) is 0 Å². The molecule has 16 aromatic carbocycles. The first kappa shape index (κ1) is 92.1. The summed E-state index contributed by atoms with van der Waals surface area (Å²) in [6.07, 6.45) is 5.11. The molecular weight excluding hydrogens is 1920 g/mol. The van der Waals surface area contributed by atoms with Crippen LogP contribution in [0.2, 0.25) is 0 Å². The van der Waals surface area contributed by atoms with Crippen LogP contribution in [0.4, 0.5) is 0 Å². The number of nitrogens with zero attached hydrogens (tertiary/aromatic N) is 4. The molecule has 6 N–H and O–H groups in total. The summed E-state index contributed by atoms with van der Waals surface area (Å²) in [7, 11) is 0. The first-order valence-electron chi connectivity index (χ1n) is 42.7. The molecule has 12 nitrogen and oxygen atoms in total. The van der Waals surface area contributed by atoms with Crippen molar-refractivity contribution in [2.45, 2.75) is 59.8 Å². The van der Waals surface area contributed by atoms with Gasteiger partial charge in [-0.2, -0.15) is 0 Å². The predicted octanol–water partition coefficient (Wildman–Crippen LogP) is 29.1. The second-order valence-corrected chi connectivity index (χ2v) is 32.8. The molecule has 2 unspecified atom stereocenters. The SMILES string of the molecule is Cc1cc(-c2ccccc2OCC2CCCCC2COc2ccccc2-c2cc(C)cc(-n3c4ccccc4c4ccccc43)c2O)c(O)c(-n2c3ccccc3c3ccccc32)c1.Cc1cc(-c2ccccc2[OH+]CCC[OH+]c2ccccc2-c2cc(C)cc(-n3c4ccccc4c4ccccc43)c2O)c(O)c(-n2c3ccccc3c3ccccc32)c1.[CH3-].[CH3-].[CH3-].[CH3-].[Hf].[Hf]. The summed E-state index contributed by atoms with van der Waals surface area (Å²) in [6, 6.07) is 116. The third-order valence-corrected chi connectivity index (χ3v) is 24.8. The summed E-state index contributed by atoms with van der Waals surface area (Å²) < 4.78 is 32.4. The smallest absolute Gasteiger partial charge is 0.262 e. The van der Waals surface area contributed by atoms with Crippen molar-refractivity contribution in [3.05, 3.63) is 392 Å². The van der Waals surface area contributed by atoms with E-state index >= 15 is 0 Å². The third kappa shape index (κ3) is 17.2. The quantitative estimate of drug-likeness (QED) is 0.0259. The van der Waals surface area contributed by atoms with Gasteiger partial charge in [0.2, 0.25) is 0 Å². The van der Waals surface area contributed by atoms with Gasteiger partial charge in [-0.05, 0) is 196 Å². The van der Waals surface area contributed by atoms with Crippen LogP contribution < -0.4 is 9.47 Å². The van der Waals surface area contributed by atoms with E-state index in [1.807, 2.05) is 133 Å². The summed E-state index contributed by atoms with van der Waals surface area (Å²) in [6.45, 7) is 10.5. The van der Waals surface area contributed by atoms with Crippen molar-refractivity contribution in [2.75, 3.05) is 26.4 Å². The third-order valence-electron chi connectivity index (χ3n) is 24.8. The van der Waals surface area contributed by atoms with Crippen LogP contribution >= 0.6 is 0 Å². The Morgan fingerprint density at radius 3 is 0.729 bits per heavy atom. The number of para-hydroxylation sites is 12. The zero-order valence-electron chi connectivity index (χ0n) is 74.1. The zero-order valence-corrected chi connectivity index (χ0v) is 81.3. The van der Waals surface area contributed by atoms with Crippen LogP contribution in [-0.2, 0) is 51.7 Å². The molecule has 0 radical (unpaired) electrons. The maximum absolute atomic E-state index is 12.2. The molecule has 129 heavy (non-hydrogen) atoms. The fraction of sp³-hybridized carbons (Fsp3) is 0.130. The molecule has 0 saturated heterocycles. The molecule has 0 aliphatic heterocycles. The van der Waals surface area contributed by atoms with E-state index in [9.17, 15) is 20.4 Å². The molecule has 4 aromatic heterocycles. The van der Waals surface area contributed by atoms with Crippen LogP contribution in [0.1, 0.15) is 54.4 Å². The fourth-order valence-electron chi connectivity index (χ4n) is 19.2. The molecule has 644 valence electrons. The van der Waals surface area contributed by atoms with Crippen LogP contribution in [-0.4, -0.2) is 74.6 Å². The van der Waals surface area contributed by atoms with E-state index in [4.69, 9.17) is 18.9 Å². The van der Waals surface area contributed by atoms with Gasteiger partial charge in [0.1, 0.15) is 40.9 Å². The Morgan fingerprint density at radius 1 is 0.264 bits per heavy atom. The summed E-state index contributed by atoms with van der Waals surface area (Å²) in [4.78, 5) is 0. The number of hydrogen-bond acceptors (Lipinski definition) is 6. The Balaban J connectivity index is 0.000000200. The van der Waals surface area contributed by atoms with Crippen molar-refractivity contribution < 1.29 is 91.1 Å². The van der Waals surface area contributed by atoms with Crippen molar-refractivity contribution in [2.24, 2.45) is 11.8 Å². The molecular formula is C115H106Hf2N4O8-2. The largest absolute Gasteiger partial charge is 0.582 e. The fourth-order valence-corrected chi connectivity index (χ4v) is 19.2. The van der Waals surface area contributed by atoms with E-state index in [2.05, 4.69) is 252 Å². The van der Waals surface area contributed by atoms with Gasteiger partial charge < -0.3 is 87.3 Å². The number of phenolic OH excluding ortho intramolecular Hbond substituents is 4. The Morgan fingerprint density at radius 2 is 0.473 bits per heavy atom. The zero-order chi connectivity index (χ0) is 83.3. The maximum Gasteiger partial charge on any atom is 0.262 e. The van der Waals surface area contributed by atoms with Crippen LogP contribution in [0.25, 0.3) is 154 Å². The minimum absolute atomic E-state index is 0. The van der Waals surface area contributed by atoms with Gasteiger partial charge in [0.05, 0.1) is 91.2 Å². The number of aromatic hydroxyl groups is 6. The maximum atomic E-state index is 12.2. The van der Waals surface area contributed by atoms with E-state index in [1.54, 1.807) is 0 Å². The number of ether oxygens (including phenoxy) is 4. The number of benzene rings is 16. The normalized spacial score (nSPS) is 12.9.